The molecule has 0 aromatic heterocycles. The summed E-state index contributed by atoms with van der Waals surface area (Å²) in [4.78, 5) is 0. The first-order chi connectivity index (χ1) is 10.1. The summed E-state index contributed by atoms with van der Waals surface area (Å²) in [5.41, 5.74) is 9.29. The number of aliphatic hydroxyl groups excluding tert-OH is 1. The van der Waals surface area contributed by atoms with Gasteiger partial charge in [0.25, 0.3) is 0 Å². The Balaban J connectivity index is 2.36. The van der Waals surface area contributed by atoms with Crippen LogP contribution in [0, 0.1) is 0 Å². The van der Waals surface area contributed by atoms with Crippen LogP contribution in [0.3, 0.4) is 0 Å². The summed E-state index contributed by atoms with van der Waals surface area (Å²) in [6, 6.07) is 18.7. The maximum absolute atomic E-state index is 10.4. The average Bonchev–Trinajstić information content (AvgIpc) is 2.54. The van der Waals surface area contributed by atoms with E-state index >= 15 is 0 Å². The third kappa shape index (κ3) is 3.34. The van der Waals surface area contributed by atoms with Gasteiger partial charge in [-0.15, -0.1) is 0 Å². The maximum Gasteiger partial charge on any atom is 0.0624 e. The molecule has 112 valence electrons. The highest BCUT2D eigenvalue weighted by atomic mass is 16.3. The highest BCUT2D eigenvalue weighted by Crippen LogP contribution is 2.31. The second-order valence-corrected chi connectivity index (χ2v) is 5.75. The molecule has 0 aliphatic rings. The molecule has 2 unspecified atom stereocenters. The van der Waals surface area contributed by atoms with E-state index in [9.17, 15) is 5.11 Å². The predicted octanol–water partition coefficient (Wildman–Crippen LogP) is 3.07. The van der Waals surface area contributed by atoms with Crippen molar-refractivity contribution in [3.8, 4) is 0 Å². The minimum Gasteiger partial charge on any atom is -0.392 e. The van der Waals surface area contributed by atoms with Crippen LogP contribution in [-0.2, 0) is 18.3 Å². The molecule has 0 aliphatic carbocycles. The molecule has 21 heavy (non-hydrogen) atoms. The molecular weight excluding hydrogens is 258 g/mol. The van der Waals surface area contributed by atoms with Gasteiger partial charge in [-0.05, 0) is 36.5 Å². The van der Waals surface area contributed by atoms with Crippen molar-refractivity contribution in [2.45, 2.75) is 38.2 Å². The zero-order valence-electron chi connectivity index (χ0n) is 12.9. The first-order valence-electron chi connectivity index (χ1n) is 7.64. The third-order valence-electron chi connectivity index (χ3n) is 4.46. The molecule has 0 aliphatic heterocycles. The number of aliphatic hydroxyl groups is 1. The Labute approximate surface area is 127 Å². The molecule has 2 nitrogen and oxygen atoms in total. The van der Waals surface area contributed by atoms with Crippen LogP contribution in [-0.4, -0.2) is 17.8 Å². The Morgan fingerprint density at radius 1 is 1.00 bits per heavy atom. The van der Waals surface area contributed by atoms with E-state index in [1.165, 1.54) is 11.1 Å². The quantitative estimate of drug-likeness (QED) is 0.856. The van der Waals surface area contributed by atoms with E-state index in [1.54, 1.807) is 0 Å². The Bertz CT molecular complexity index is 548. The normalized spacial score (nSPS) is 15.4. The van der Waals surface area contributed by atoms with Crippen molar-refractivity contribution in [2.75, 3.05) is 6.54 Å². The third-order valence-corrected chi connectivity index (χ3v) is 4.46. The summed E-state index contributed by atoms with van der Waals surface area (Å²) < 4.78 is 0. The van der Waals surface area contributed by atoms with Gasteiger partial charge in [0.15, 0.2) is 0 Å². The highest BCUT2D eigenvalue weighted by molar-refractivity contribution is 5.32. The molecule has 0 saturated heterocycles. The number of benzene rings is 2. The van der Waals surface area contributed by atoms with Crippen LogP contribution in [0.25, 0.3) is 0 Å². The molecule has 3 N–H and O–H groups in total. The molecule has 0 saturated carbocycles. The molecule has 2 heteroatoms. The van der Waals surface area contributed by atoms with E-state index in [0.29, 0.717) is 6.54 Å². The van der Waals surface area contributed by atoms with Crippen LogP contribution in [0.5, 0.6) is 0 Å². The smallest absolute Gasteiger partial charge is 0.0624 e. The van der Waals surface area contributed by atoms with Crippen LogP contribution in [0.2, 0.25) is 0 Å². The van der Waals surface area contributed by atoms with Crippen molar-refractivity contribution >= 4 is 0 Å². The van der Waals surface area contributed by atoms with Gasteiger partial charge in [0.05, 0.1) is 6.10 Å². The van der Waals surface area contributed by atoms with Crippen molar-refractivity contribution < 1.29 is 5.11 Å². The van der Waals surface area contributed by atoms with Crippen LogP contribution in [0.15, 0.2) is 54.6 Å². The Morgan fingerprint density at radius 3 is 2.05 bits per heavy atom. The van der Waals surface area contributed by atoms with Gasteiger partial charge in [-0.25, -0.2) is 0 Å². The van der Waals surface area contributed by atoms with Crippen LogP contribution in [0.1, 0.15) is 30.5 Å². The monoisotopic (exact) mass is 283 g/mol. The first-order valence-corrected chi connectivity index (χ1v) is 7.64. The highest BCUT2D eigenvalue weighted by Gasteiger charge is 2.36. The van der Waals surface area contributed by atoms with E-state index in [0.717, 1.165) is 18.4 Å². The maximum atomic E-state index is 10.4. The molecule has 0 spiro atoms. The summed E-state index contributed by atoms with van der Waals surface area (Å²) in [6.07, 6.45) is 1.28. The van der Waals surface area contributed by atoms with Gasteiger partial charge < -0.3 is 10.8 Å². The zero-order valence-corrected chi connectivity index (χ0v) is 12.9. The van der Waals surface area contributed by atoms with E-state index in [4.69, 9.17) is 5.73 Å². The summed E-state index contributed by atoms with van der Waals surface area (Å²) >= 11 is 0. The number of nitrogens with two attached hydrogens (primary N) is 1. The standard InChI is InChI=1S/C19H25NO/c1-3-16-9-11-17(12-10-16)13-19(14-20,15(2)21)18-7-5-4-6-8-18/h4-12,15,21H,3,13-14,20H2,1-2H3. The number of hydrogen-bond donors (Lipinski definition) is 2. The molecular formula is C19H25NO. The minimum atomic E-state index is -0.504. The topological polar surface area (TPSA) is 46.2 Å². The summed E-state index contributed by atoms with van der Waals surface area (Å²) in [6.45, 7) is 4.41. The van der Waals surface area contributed by atoms with Gasteiger partial charge in [-0.3, -0.25) is 0 Å². The second kappa shape index (κ2) is 6.88. The van der Waals surface area contributed by atoms with Crippen molar-refractivity contribution in [3.63, 3.8) is 0 Å². The van der Waals surface area contributed by atoms with Gasteiger partial charge in [0.1, 0.15) is 0 Å². The summed E-state index contributed by atoms with van der Waals surface area (Å²) in [5, 5.41) is 10.4. The molecule has 2 aromatic rings. The average molecular weight is 283 g/mol. The number of rotatable bonds is 6. The SMILES string of the molecule is CCc1ccc(CC(CN)(c2ccccc2)C(C)O)cc1. The minimum absolute atomic E-state index is 0.421. The van der Waals surface area contributed by atoms with Crippen LogP contribution in [0.4, 0.5) is 0 Å². The van der Waals surface area contributed by atoms with Gasteiger partial charge in [0, 0.05) is 12.0 Å². The fourth-order valence-corrected chi connectivity index (χ4v) is 2.88. The Kier molecular flexibility index (Phi) is 5.16. The van der Waals surface area contributed by atoms with Gasteiger partial charge in [-0.2, -0.15) is 0 Å². The zero-order chi connectivity index (χ0) is 15.3. The van der Waals surface area contributed by atoms with E-state index in [1.807, 2.05) is 25.1 Å². The van der Waals surface area contributed by atoms with E-state index in [2.05, 4.69) is 43.3 Å². The van der Waals surface area contributed by atoms with Gasteiger partial charge >= 0.3 is 0 Å². The summed E-state index contributed by atoms with van der Waals surface area (Å²) in [5.74, 6) is 0. The molecule has 0 bridgehead atoms. The van der Waals surface area contributed by atoms with Gasteiger partial charge in [0.2, 0.25) is 0 Å². The molecule has 0 radical (unpaired) electrons. The largest absolute Gasteiger partial charge is 0.392 e. The van der Waals surface area contributed by atoms with Crippen molar-refractivity contribution in [2.24, 2.45) is 5.73 Å². The fraction of sp³-hybridized carbons (Fsp3) is 0.368. The Morgan fingerprint density at radius 2 is 1.57 bits per heavy atom. The van der Waals surface area contributed by atoms with E-state index < -0.39 is 11.5 Å². The lowest BCUT2D eigenvalue weighted by Gasteiger charge is -2.36. The van der Waals surface area contributed by atoms with Crippen molar-refractivity contribution in [1.82, 2.24) is 0 Å². The fourth-order valence-electron chi connectivity index (χ4n) is 2.88. The molecule has 2 rings (SSSR count). The van der Waals surface area contributed by atoms with Crippen molar-refractivity contribution in [3.05, 3.63) is 71.3 Å². The lowest BCUT2D eigenvalue weighted by Crippen LogP contribution is -2.46. The van der Waals surface area contributed by atoms with Crippen LogP contribution < -0.4 is 5.73 Å². The number of hydrogen-bond acceptors (Lipinski definition) is 2. The predicted molar refractivity (Wildman–Crippen MR) is 88.4 cm³/mol. The molecule has 0 heterocycles. The lowest BCUT2D eigenvalue weighted by atomic mass is 9.72. The molecule has 2 aromatic carbocycles. The molecule has 0 amide bonds. The second-order valence-electron chi connectivity index (χ2n) is 5.75. The summed E-state index contributed by atoms with van der Waals surface area (Å²) in [7, 11) is 0. The van der Waals surface area contributed by atoms with Crippen LogP contribution >= 0.6 is 0 Å². The van der Waals surface area contributed by atoms with Crippen molar-refractivity contribution in [1.29, 1.82) is 0 Å². The first kappa shape index (κ1) is 15.7. The Hall–Kier alpha value is -1.64. The molecule has 0 fully saturated rings. The van der Waals surface area contributed by atoms with E-state index in [-0.39, 0.29) is 0 Å². The molecule has 2 atom stereocenters. The van der Waals surface area contributed by atoms with Gasteiger partial charge in [-0.1, -0.05) is 61.5 Å². The number of aryl methyl sites for hydroxylation is 1. The lowest BCUT2D eigenvalue weighted by molar-refractivity contribution is 0.100.